The lowest BCUT2D eigenvalue weighted by atomic mass is 10.1. The Balaban J connectivity index is 1.78. The van der Waals surface area contributed by atoms with Crippen molar-refractivity contribution in [2.45, 2.75) is 44.7 Å². The zero-order valence-corrected chi connectivity index (χ0v) is 14.5. The molecule has 2 aliphatic heterocycles. The highest BCUT2D eigenvalue weighted by atomic mass is 16.4. The van der Waals surface area contributed by atoms with Crippen LogP contribution in [0.1, 0.15) is 48.0 Å². The summed E-state index contributed by atoms with van der Waals surface area (Å²) in [7, 11) is 0. The monoisotopic (exact) mass is 373 g/mol. The highest BCUT2D eigenvalue weighted by Crippen LogP contribution is 2.32. The number of nitrogens with zero attached hydrogens (tertiary/aromatic N) is 1. The molecule has 0 aromatic heterocycles. The summed E-state index contributed by atoms with van der Waals surface area (Å²) in [4.78, 5) is 60.5. The smallest absolute Gasteiger partial charge is 0.303 e. The molecule has 1 aromatic rings. The predicted octanol–water partition coefficient (Wildman–Crippen LogP) is 0.641. The Morgan fingerprint density at radius 1 is 1.22 bits per heavy atom. The van der Waals surface area contributed by atoms with Crippen molar-refractivity contribution in [2.75, 3.05) is 5.32 Å². The van der Waals surface area contributed by atoms with E-state index in [0.29, 0.717) is 29.7 Å². The van der Waals surface area contributed by atoms with Crippen molar-refractivity contribution < 1.29 is 29.1 Å². The molecule has 3 N–H and O–H groups in total. The number of amides is 4. The zero-order valence-electron chi connectivity index (χ0n) is 14.5. The molecule has 2 aliphatic rings. The first-order valence-corrected chi connectivity index (χ1v) is 8.65. The molecular weight excluding hydrogens is 354 g/mol. The van der Waals surface area contributed by atoms with E-state index in [4.69, 9.17) is 5.11 Å². The van der Waals surface area contributed by atoms with Crippen molar-refractivity contribution in [2.24, 2.45) is 0 Å². The largest absolute Gasteiger partial charge is 0.481 e. The number of carboxylic acid groups (broad SMARTS) is 1. The van der Waals surface area contributed by atoms with Gasteiger partial charge in [-0.3, -0.25) is 29.3 Å². The van der Waals surface area contributed by atoms with Crippen LogP contribution in [0.4, 0.5) is 5.69 Å². The van der Waals surface area contributed by atoms with E-state index in [1.165, 1.54) is 4.90 Å². The van der Waals surface area contributed by atoms with Crippen molar-refractivity contribution in [3.63, 3.8) is 0 Å². The fourth-order valence-corrected chi connectivity index (χ4v) is 3.32. The van der Waals surface area contributed by atoms with Gasteiger partial charge in [-0.2, -0.15) is 0 Å². The van der Waals surface area contributed by atoms with Gasteiger partial charge in [0.2, 0.25) is 17.7 Å². The quantitative estimate of drug-likeness (QED) is 0.649. The Morgan fingerprint density at radius 2 is 2.00 bits per heavy atom. The minimum absolute atomic E-state index is 0.135. The normalized spacial score (nSPS) is 19.3. The average Bonchev–Trinajstić information content (AvgIpc) is 2.84. The highest BCUT2D eigenvalue weighted by Gasteiger charge is 2.38. The number of carbonyl (C=O) groups is 5. The predicted molar refractivity (Wildman–Crippen MR) is 92.6 cm³/mol. The Morgan fingerprint density at radius 3 is 2.74 bits per heavy atom. The van der Waals surface area contributed by atoms with Gasteiger partial charge in [0.25, 0.3) is 5.91 Å². The van der Waals surface area contributed by atoms with E-state index in [9.17, 15) is 24.0 Å². The summed E-state index contributed by atoms with van der Waals surface area (Å²) in [5, 5.41) is 13.6. The number of anilines is 1. The van der Waals surface area contributed by atoms with E-state index in [2.05, 4.69) is 10.6 Å². The maximum atomic E-state index is 12.8. The summed E-state index contributed by atoms with van der Waals surface area (Å²) in [6.45, 7) is 0.135. The summed E-state index contributed by atoms with van der Waals surface area (Å²) < 4.78 is 0. The number of carboxylic acids is 1. The molecule has 1 saturated heterocycles. The van der Waals surface area contributed by atoms with Gasteiger partial charge in [0, 0.05) is 36.2 Å². The van der Waals surface area contributed by atoms with Crippen LogP contribution < -0.4 is 10.6 Å². The van der Waals surface area contributed by atoms with Crippen LogP contribution >= 0.6 is 0 Å². The van der Waals surface area contributed by atoms with Crippen molar-refractivity contribution in [1.29, 1.82) is 0 Å². The number of aliphatic carboxylic acids is 1. The van der Waals surface area contributed by atoms with Crippen LogP contribution in [0.2, 0.25) is 0 Å². The number of rotatable bonds is 5. The molecule has 9 heteroatoms. The third-order valence-electron chi connectivity index (χ3n) is 4.66. The van der Waals surface area contributed by atoms with Gasteiger partial charge in [0.05, 0.1) is 6.42 Å². The van der Waals surface area contributed by atoms with Crippen LogP contribution in [-0.4, -0.2) is 45.6 Å². The van der Waals surface area contributed by atoms with Gasteiger partial charge in [0.1, 0.15) is 6.04 Å². The van der Waals surface area contributed by atoms with Gasteiger partial charge in [0.15, 0.2) is 0 Å². The Bertz CT molecular complexity index is 834. The van der Waals surface area contributed by atoms with Crippen LogP contribution in [0, 0.1) is 0 Å². The SMILES string of the molecule is O=C(O)CCC(=O)Nc1cccc2c1CN(C1CCCC(=O)NC1=O)C2=O. The van der Waals surface area contributed by atoms with Crippen LogP contribution in [-0.2, 0) is 25.7 Å². The van der Waals surface area contributed by atoms with Crippen LogP contribution in [0.5, 0.6) is 0 Å². The van der Waals surface area contributed by atoms with Gasteiger partial charge >= 0.3 is 5.97 Å². The van der Waals surface area contributed by atoms with Gasteiger partial charge in [-0.05, 0) is 25.0 Å². The molecule has 0 radical (unpaired) electrons. The fraction of sp³-hybridized carbons (Fsp3) is 0.389. The van der Waals surface area contributed by atoms with E-state index in [1.54, 1.807) is 18.2 Å². The Kier molecular flexibility index (Phi) is 5.20. The number of fused-ring (bicyclic) bond motifs is 1. The topological polar surface area (TPSA) is 133 Å². The van der Waals surface area contributed by atoms with Crippen molar-refractivity contribution >= 4 is 35.3 Å². The number of hydrogen-bond donors (Lipinski definition) is 3. The first-order valence-electron chi connectivity index (χ1n) is 8.65. The third-order valence-corrected chi connectivity index (χ3v) is 4.66. The zero-order chi connectivity index (χ0) is 19.6. The molecule has 1 unspecified atom stereocenters. The van der Waals surface area contributed by atoms with Gasteiger partial charge in [-0.1, -0.05) is 6.07 Å². The summed E-state index contributed by atoms with van der Waals surface area (Å²) in [5.74, 6) is -2.71. The first-order chi connectivity index (χ1) is 12.9. The second kappa shape index (κ2) is 7.56. The second-order valence-corrected chi connectivity index (χ2v) is 6.53. The lowest BCUT2D eigenvalue weighted by molar-refractivity contribution is -0.138. The highest BCUT2D eigenvalue weighted by molar-refractivity contribution is 6.06. The number of imide groups is 1. The number of hydrogen-bond acceptors (Lipinski definition) is 5. The molecule has 1 atom stereocenters. The Labute approximate surface area is 154 Å². The van der Waals surface area contributed by atoms with E-state index in [1.807, 2.05) is 0 Å². The average molecular weight is 373 g/mol. The van der Waals surface area contributed by atoms with E-state index < -0.39 is 23.8 Å². The van der Waals surface area contributed by atoms with Crippen molar-refractivity contribution in [1.82, 2.24) is 10.2 Å². The summed E-state index contributed by atoms with van der Waals surface area (Å²) >= 11 is 0. The lowest BCUT2D eigenvalue weighted by Crippen LogP contribution is -2.46. The maximum Gasteiger partial charge on any atom is 0.303 e. The standard InChI is InChI=1S/C18H19N3O6/c22-14-6-2-5-13(17(26)20-14)21-9-11-10(18(21)27)3-1-4-12(11)19-15(23)7-8-16(24)25/h1,3-4,13H,2,5-9H2,(H,19,23)(H,24,25)(H,20,22,26). The number of nitrogens with one attached hydrogen (secondary N) is 2. The molecule has 4 amide bonds. The molecular formula is C18H19N3O6. The van der Waals surface area contributed by atoms with Crippen LogP contribution in [0.25, 0.3) is 0 Å². The lowest BCUT2D eigenvalue weighted by Gasteiger charge is -2.24. The molecule has 3 rings (SSSR count). The summed E-state index contributed by atoms with van der Waals surface area (Å²) in [6.07, 6.45) is 0.660. The molecule has 2 heterocycles. The molecule has 1 fully saturated rings. The first kappa shape index (κ1) is 18.6. The molecule has 142 valence electrons. The second-order valence-electron chi connectivity index (χ2n) is 6.53. The molecule has 0 spiro atoms. The molecule has 0 aliphatic carbocycles. The fourth-order valence-electron chi connectivity index (χ4n) is 3.32. The van der Waals surface area contributed by atoms with Crippen LogP contribution in [0.15, 0.2) is 18.2 Å². The third kappa shape index (κ3) is 3.97. The van der Waals surface area contributed by atoms with E-state index in [0.717, 1.165) is 0 Å². The number of carbonyl (C=O) groups excluding carboxylic acids is 4. The van der Waals surface area contributed by atoms with Crippen molar-refractivity contribution in [3.8, 4) is 0 Å². The van der Waals surface area contributed by atoms with Gasteiger partial charge < -0.3 is 15.3 Å². The molecule has 0 bridgehead atoms. The minimum Gasteiger partial charge on any atom is -0.481 e. The summed E-state index contributed by atoms with van der Waals surface area (Å²) in [5.41, 5.74) is 1.38. The molecule has 9 nitrogen and oxygen atoms in total. The van der Waals surface area contributed by atoms with Crippen LogP contribution in [0.3, 0.4) is 0 Å². The summed E-state index contributed by atoms with van der Waals surface area (Å²) in [6, 6.07) is 4.12. The maximum absolute atomic E-state index is 12.8. The number of benzene rings is 1. The minimum atomic E-state index is -1.07. The molecule has 27 heavy (non-hydrogen) atoms. The van der Waals surface area contributed by atoms with Gasteiger partial charge in [-0.25, -0.2) is 0 Å². The van der Waals surface area contributed by atoms with E-state index >= 15 is 0 Å². The van der Waals surface area contributed by atoms with Crippen molar-refractivity contribution in [3.05, 3.63) is 29.3 Å². The molecule has 0 saturated carbocycles. The Hall–Kier alpha value is -3.23. The van der Waals surface area contributed by atoms with E-state index in [-0.39, 0.29) is 37.6 Å². The van der Waals surface area contributed by atoms with Gasteiger partial charge in [-0.15, -0.1) is 0 Å². The molecule has 1 aromatic carbocycles.